The summed E-state index contributed by atoms with van der Waals surface area (Å²) in [5.74, 6) is 0.883. The monoisotopic (exact) mass is 497 g/mol. The van der Waals surface area contributed by atoms with Gasteiger partial charge in [0.05, 0.1) is 18.3 Å². The number of ether oxygens (including phenoxy) is 1. The summed E-state index contributed by atoms with van der Waals surface area (Å²) in [6.07, 6.45) is 23.7. The minimum absolute atomic E-state index is 0.883. The minimum Gasteiger partial charge on any atom is -0.497 e. The number of nitrogens with zero attached hydrogens (tertiary/aromatic N) is 2. The normalized spacial score (nSPS) is 11.4. The van der Waals surface area contributed by atoms with Gasteiger partial charge in [-0.1, -0.05) is 97.0 Å². The second kappa shape index (κ2) is 20.3. The highest BCUT2D eigenvalue weighted by Crippen LogP contribution is 2.27. The zero-order chi connectivity index (χ0) is 25.7. The Labute approximate surface area is 222 Å². The molecule has 0 bridgehead atoms. The number of pyridine rings is 1. The van der Waals surface area contributed by atoms with Crippen LogP contribution in [0.15, 0.2) is 30.5 Å². The Kier molecular flexibility index (Phi) is 17.1. The van der Waals surface area contributed by atoms with Crippen LogP contribution in [0.4, 0.5) is 5.69 Å². The summed E-state index contributed by atoms with van der Waals surface area (Å²) in [4.78, 5) is 7.34. The van der Waals surface area contributed by atoms with Crippen LogP contribution in [-0.4, -0.2) is 43.2 Å². The first kappa shape index (κ1) is 30.4. The number of hydrogen-bond acceptors (Lipinski definition) is 4. The summed E-state index contributed by atoms with van der Waals surface area (Å²) in [6.45, 7) is 9.48. The van der Waals surface area contributed by atoms with Crippen molar-refractivity contribution in [3.63, 3.8) is 0 Å². The maximum absolute atomic E-state index is 5.48. The predicted octanol–water partition coefficient (Wildman–Crippen LogP) is 9.24. The molecule has 0 aliphatic rings. The molecule has 2 aromatic rings. The zero-order valence-electron chi connectivity index (χ0n) is 23.8. The number of benzene rings is 1. The summed E-state index contributed by atoms with van der Waals surface area (Å²) in [5.41, 5.74) is 2.10. The predicted molar refractivity (Wildman–Crippen MR) is 158 cm³/mol. The van der Waals surface area contributed by atoms with Crippen LogP contribution in [0.5, 0.6) is 5.75 Å². The molecule has 0 saturated carbocycles. The molecular formula is C32H55N3O. The summed E-state index contributed by atoms with van der Waals surface area (Å²) < 4.78 is 5.48. The molecule has 0 spiro atoms. The van der Waals surface area contributed by atoms with Crippen molar-refractivity contribution in [2.24, 2.45) is 0 Å². The van der Waals surface area contributed by atoms with E-state index in [9.17, 15) is 0 Å². The van der Waals surface area contributed by atoms with Gasteiger partial charge in [-0.25, -0.2) is 0 Å². The van der Waals surface area contributed by atoms with Gasteiger partial charge in [-0.15, -0.1) is 0 Å². The fourth-order valence-corrected chi connectivity index (χ4v) is 5.02. The summed E-state index contributed by atoms with van der Waals surface area (Å²) in [6, 6.07) is 8.19. The third-order valence-electron chi connectivity index (χ3n) is 7.29. The molecule has 4 heteroatoms. The lowest BCUT2D eigenvalue weighted by Gasteiger charge is -2.22. The van der Waals surface area contributed by atoms with E-state index in [0.29, 0.717) is 0 Å². The van der Waals surface area contributed by atoms with Crippen LogP contribution < -0.4 is 10.1 Å². The molecule has 1 N–H and O–H groups in total. The lowest BCUT2D eigenvalue weighted by molar-refractivity contribution is 0.254. The molecule has 2 rings (SSSR count). The van der Waals surface area contributed by atoms with E-state index in [0.717, 1.165) is 28.9 Å². The standard InChI is InChI=1S/C32H55N3O/c1-4-6-8-10-13-17-24-35(25-18-14-11-9-7-5-2)26-19-15-12-16-22-33-31-28-30(36-3)27-29-21-20-23-34-32(29)31/h20-21,23,27-28,33H,4-19,22,24-26H2,1-3H3. The molecule has 1 heterocycles. The Balaban J connectivity index is 1.64. The lowest BCUT2D eigenvalue weighted by atomic mass is 10.1. The summed E-state index contributed by atoms with van der Waals surface area (Å²) in [5, 5.41) is 4.73. The van der Waals surface area contributed by atoms with Gasteiger partial charge in [0, 0.05) is 24.2 Å². The average Bonchev–Trinajstić information content (AvgIpc) is 2.91. The maximum atomic E-state index is 5.48. The van der Waals surface area contributed by atoms with Gasteiger partial charge in [-0.05, 0) is 57.5 Å². The van der Waals surface area contributed by atoms with Crippen LogP contribution in [0.2, 0.25) is 0 Å². The van der Waals surface area contributed by atoms with E-state index < -0.39 is 0 Å². The molecule has 0 unspecified atom stereocenters. The van der Waals surface area contributed by atoms with Crippen LogP contribution in [0.25, 0.3) is 10.9 Å². The van der Waals surface area contributed by atoms with E-state index in [1.807, 2.05) is 12.3 Å². The average molecular weight is 498 g/mol. The molecule has 0 radical (unpaired) electrons. The van der Waals surface area contributed by atoms with Crippen molar-refractivity contribution < 1.29 is 4.74 Å². The highest BCUT2D eigenvalue weighted by molar-refractivity contribution is 5.91. The Morgan fingerprint density at radius 3 is 1.86 bits per heavy atom. The molecule has 0 atom stereocenters. The van der Waals surface area contributed by atoms with E-state index in [1.54, 1.807) is 7.11 Å². The number of methoxy groups -OCH3 is 1. The van der Waals surface area contributed by atoms with Crippen molar-refractivity contribution in [1.29, 1.82) is 0 Å². The number of aromatic nitrogens is 1. The van der Waals surface area contributed by atoms with Gasteiger partial charge < -0.3 is 15.0 Å². The number of nitrogens with one attached hydrogen (secondary N) is 1. The van der Waals surface area contributed by atoms with Crippen LogP contribution >= 0.6 is 0 Å². The maximum Gasteiger partial charge on any atom is 0.121 e. The van der Waals surface area contributed by atoms with Crippen molar-refractivity contribution in [2.75, 3.05) is 38.6 Å². The third-order valence-corrected chi connectivity index (χ3v) is 7.29. The van der Waals surface area contributed by atoms with Gasteiger partial charge in [0.15, 0.2) is 0 Å². The number of anilines is 1. The van der Waals surface area contributed by atoms with Gasteiger partial charge >= 0.3 is 0 Å². The molecule has 204 valence electrons. The van der Waals surface area contributed by atoms with Crippen LogP contribution in [0.3, 0.4) is 0 Å². The van der Waals surface area contributed by atoms with Crippen molar-refractivity contribution in [3.05, 3.63) is 30.5 Å². The number of rotatable bonds is 23. The molecule has 0 amide bonds. The van der Waals surface area contributed by atoms with Crippen molar-refractivity contribution >= 4 is 16.6 Å². The Morgan fingerprint density at radius 1 is 0.722 bits per heavy atom. The molecule has 36 heavy (non-hydrogen) atoms. The summed E-state index contributed by atoms with van der Waals surface area (Å²) >= 11 is 0. The highest BCUT2D eigenvalue weighted by atomic mass is 16.5. The third kappa shape index (κ3) is 12.9. The topological polar surface area (TPSA) is 37.4 Å². The van der Waals surface area contributed by atoms with E-state index in [4.69, 9.17) is 4.74 Å². The SMILES string of the molecule is CCCCCCCCN(CCCCCCCC)CCCCCCNc1cc(OC)cc2cccnc12. The second-order valence-electron chi connectivity index (χ2n) is 10.5. The van der Waals surface area contributed by atoms with E-state index >= 15 is 0 Å². The Bertz CT molecular complexity index is 778. The number of unbranched alkanes of at least 4 members (excludes halogenated alkanes) is 13. The first-order valence-corrected chi connectivity index (χ1v) is 15.2. The van der Waals surface area contributed by atoms with Crippen LogP contribution in [0.1, 0.15) is 117 Å². The quantitative estimate of drug-likeness (QED) is 0.155. The van der Waals surface area contributed by atoms with Gasteiger partial charge in [0.1, 0.15) is 5.75 Å². The van der Waals surface area contributed by atoms with Crippen molar-refractivity contribution in [3.8, 4) is 5.75 Å². The number of hydrogen-bond donors (Lipinski definition) is 1. The van der Waals surface area contributed by atoms with E-state index in [1.165, 1.54) is 122 Å². The van der Waals surface area contributed by atoms with Gasteiger partial charge in [0.2, 0.25) is 0 Å². The molecular weight excluding hydrogens is 442 g/mol. The highest BCUT2D eigenvalue weighted by Gasteiger charge is 2.07. The Hall–Kier alpha value is -1.81. The molecule has 0 aliphatic heterocycles. The lowest BCUT2D eigenvalue weighted by Crippen LogP contribution is -2.27. The van der Waals surface area contributed by atoms with E-state index in [-0.39, 0.29) is 0 Å². The molecule has 4 nitrogen and oxygen atoms in total. The molecule has 0 fully saturated rings. The van der Waals surface area contributed by atoms with Gasteiger partial charge in [-0.3, -0.25) is 4.98 Å². The molecule has 1 aromatic heterocycles. The fourth-order valence-electron chi connectivity index (χ4n) is 5.02. The summed E-state index contributed by atoms with van der Waals surface area (Å²) in [7, 11) is 1.73. The van der Waals surface area contributed by atoms with Gasteiger partial charge in [0.25, 0.3) is 0 Å². The van der Waals surface area contributed by atoms with Crippen LogP contribution in [0, 0.1) is 0 Å². The first-order valence-electron chi connectivity index (χ1n) is 15.2. The molecule has 1 aromatic carbocycles. The zero-order valence-corrected chi connectivity index (χ0v) is 23.8. The molecule has 0 saturated heterocycles. The minimum atomic E-state index is 0.883. The smallest absolute Gasteiger partial charge is 0.121 e. The fraction of sp³-hybridized carbons (Fsp3) is 0.719. The number of fused-ring (bicyclic) bond motifs is 1. The Morgan fingerprint density at radius 2 is 1.28 bits per heavy atom. The van der Waals surface area contributed by atoms with Gasteiger partial charge in [-0.2, -0.15) is 0 Å². The van der Waals surface area contributed by atoms with Crippen molar-refractivity contribution in [2.45, 2.75) is 117 Å². The van der Waals surface area contributed by atoms with Crippen LogP contribution in [-0.2, 0) is 0 Å². The largest absolute Gasteiger partial charge is 0.497 e. The van der Waals surface area contributed by atoms with E-state index in [2.05, 4.69) is 47.2 Å². The molecule has 0 aliphatic carbocycles. The first-order chi connectivity index (χ1) is 17.8. The second-order valence-corrected chi connectivity index (χ2v) is 10.5. The van der Waals surface area contributed by atoms with Crippen molar-refractivity contribution in [1.82, 2.24) is 9.88 Å².